The summed E-state index contributed by atoms with van der Waals surface area (Å²) in [7, 11) is 0. The number of β-amino-alcohol motifs (C(OH)–C–C–N with tert-alkyl or cyclic N) is 2. The van der Waals surface area contributed by atoms with Gasteiger partial charge in [0, 0.05) is 23.0 Å². The Kier molecular flexibility index (Phi) is 4.51. The molecule has 1 aromatic heterocycles. The number of carbonyl (C=O) groups is 1. The van der Waals surface area contributed by atoms with Gasteiger partial charge in [0.05, 0.1) is 25.3 Å². The number of H-pyrrole nitrogens is 1. The number of aliphatic hydroxyl groups is 2. The topological polar surface area (TPSA) is 85.8 Å². The lowest BCUT2D eigenvalue weighted by molar-refractivity contribution is -0.0426. The van der Waals surface area contributed by atoms with Crippen LogP contribution in [-0.4, -0.2) is 57.1 Å². The van der Waals surface area contributed by atoms with Crippen molar-refractivity contribution in [2.75, 3.05) is 13.1 Å². The predicted molar refractivity (Wildman–Crippen MR) is 95.6 cm³/mol. The van der Waals surface area contributed by atoms with Gasteiger partial charge in [-0.2, -0.15) is 0 Å². The Hall–Kier alpha value is -2.05. The van der Waals surface area contributed by atoms with E-state index in [1.165, 1.54) is 4.90 Å². The Morgan fingerprint density at radius 3 is 2.48 bits per heavy atom. The molecule has 0 saturated carbocycles. The second kappa shape index (κ2) is 6.35. The second-order valence-corrected chi connectivity index (χ2v) is 7.79. The van der Waals surface area contributed by atoms with Gasteiger partial charge in [-0.25, -0.2) is 4.79 Å². The van der Waals surface area contributed by atoms with E-state index in [0.717, 1.165) is 22.0 Å². The van der Waals surface area contributed by atoms with Gasteiger partial charge in [-0.1, -0.05) is 18.2 Å². The van der Waals surface area contributed by atoms with E-state index >= 15 is 0 Å². The van der Waals surface area contributed by atoms with Crippen molar-refractivity contribution in [2.45, 2.75) is 51.4 Å². The first-order valence-electron chi connectivity index (χ1n) is 8.58. The van der Waals surface area contributed by atoms with Crippen LogP contribution in [0.15, 0.2) is 24.4 Å². The fraction of sp³-hybridized carbons (Fsp3) is 0.526. The summed E-state index contributed by atoms with van der Waals surface area (Å²) in [4.78, 5) is 16.8. The third kappa shape index (κ3) is 3.50. The van der Waals surface area contributed by atoms with Crippen molar-refractivity contribution in [2.24, 2.45) is 0 Å². The maximum atomic E-state index is 12.2. The van der Waals surface area contributed by atoms with E-state index in [4.69, 9.17) is 4.74 Å². The number of hydrogen-bond acceptors (Lipinski definition) is 4. The lowest BCUT2D eigenvalue weighted by Gasteiger charge is -2.39. The van der Waals surface area contributed by atoms with Crippen LogP contribution in [0.1, 0.15) is 37.8 Å². The van der Waals surface area contributed by atoms with E-state index in [9.17, 15) is 15.0 Å². The average molecular weight is 346 g/mol. The molecule has 0 unspecified atom stereocenters. The van der Waals surface area contributed by atoms with Crippen molar-refractivity contribution in [3.63, 3.8) is 0 Å². The quantitative estimate of drug-likeness (QED) is 0.741. The fourth-order valence-corrected chi connectivity index (χ4v) is 3.50. The van der Waals surface area contributed by atoms with Crippen LogP contribution in [0.25, 0.3) is 10.9 Å². The zero-order valence-corrected chi connectivity index (χ0v) is 15.1. The molecule has 6 heteroatoms. The lowest BCUT2D eigenvalue weighted by atomic mass is 9.84. The minimum absolute atomic E-state index is 0.134. The number of aromatic amines is 1. The summed E-state index contributed by atoms with van der Waals surface area (Å²) in [6.45, 7) is 7.65. The number of benzene rings is 1. The molecule has 0 radical (unpaired) electrons. The third-order valence-electron chi connectivity index (χ3n) is 4.61. The summed E-state index contributed by atoms with van der Waals surface area (Å²) in [5.74, 6) is -0.450. The predicted octanol–water partition coefficient (Wildman–Crippen LogP) is 2.53. The Balaban J connectivity index is 1.83. The van der Waals surface area contributed by atoms with Gasteiger partial charge >= 0.3 is 6.09 Å². The molecule has 1 fully saturated rings. The number of hydrogen-bond donors (Lipinski definition) is 3. The molecule has 0 bridgehead atoms. The maximum Gasteiger partial charge on any atom is 0.410 e. The van der Waals surface area contributed by atoms with E-state index in [2.05, 4.69) is 4.98 Å². The number of fused-ring (bicyclic) bond motifs is 1. The van der Waals surface area contributed by atoms with Crippen LogP contribution in [0.4, 0.5) is 4.79 Å². The van der Waals surface area contributed by atoms with Gasteiger partial charge in [-0.15, -0.1) is 0 Å². The molecule has 1 aromatic carbocycles. The van der Waals surface area contributed by atoms with Crippen molar-refractivity contribution in [1.82, 2.24) is 9.88 Å². The first-order valence-corrected chi connectivity index (χ1v) is 8.58. The zero-order valence-electron chi connectivity index (χ0n) is 15.1. The zero-order chi connectivity index (χ0) is 18.4. The highest BCUT2D eigenvalue weighted by atomic mass is 16.6. The number of para-hydroxylation sites is 1. The summed E-state index contributed by atoms with van der Waals surface area (Å²) < 4.78 is 5.34. The molecular formula is C19H26N2O4. The van der Waals surface area contributed by atoms with Gasteiger partial charge in [0.25, 0.3) is 0 Å². The van der Waals surface area contributed by atoms with Crippen molar-refractivity contribution < 1.29 is 19.7 Å². The van der Waals surface area contributed by atoms with Crippen LogP contribution >= 0.6 is 0 Å². The molecule has 3 rings (SSSR count). The first kappa shape index (κ1) is 17.8. The molecule has 1 amide bonds. The molecule has 2 heterocycles. The molecule has 2 atom stereocenters. The van der Waals surface area contributed by atoms with Crippen LogP contribution in [0.2, 0.25) is 0 Å². The molecule has 6 nitrogen and oxygen atoms in total. The molecule has 25 heavy (non-hydrogen) atoms. The number of likely N-dealkylation sites (tertiary alicyclic amines) is 1. The van der Waals surface area contributed by atoms with E-state index in [1.54, 1.807) is 20.8 Å². The Morgan fingerprint density at radius 1 is 1.24 bits per heavy atom. The second-order valence-electron chi connectivity index (χ2n) is 7.79. The van der Waals surface area contributed by atoms with E-state index < -0.39 is 29.8 Å². The van der Waals surface area contributed by atoms with E-state index in [0.29, 0.717) is 0 Å². The minimum atomic E-state index is -0.865. The fourth-order valence-electron chi connectivity index (χ4n) is 3.50. The lowest BCUT2D eigenvalue weighted by Crippen LogP contribution is -2.53. The summed E-state index contributed by atoms with van der Waals surface area (Å²) in [6.07, 6.45) is -0.400. The highest BCUT2D eigenvalue weighted by molar-refractivity contribution is 5.86. The molecule has 0 spiro atoms. The van der Waals surface area contributed by atoms with Crippen molar-refractivity contribution in [1.29, 1.82) is 0 Å². The highest BCUT2D eigenvalue weighted by Crippen LogP contribution is 2.35. The number of nitrogens with one attached hydrogen (secondary N) is 1. The number of amides is 1. The summed E-state index contributed by atoms with van der Waals surface area (Å²) in [6, 6.07) is 5.96. The smallest absolute Gasteiger partial charge is 0.410 e. The van der Waals surface area contributed by atoms with Crippen molar-refractivity contribution in [3.05, 3.63) is 35.5 Å². The normalized spacial score (nSPS) is 22.4. The van der Waals surface area contributed by atoms with Crippen LogP contribution < -0.4 is 0 Å². The van der Waals surface area contributed by atoms with Gasteiger partial charge in [-0.3, -0.25) is 0 Å². The van der Waals surface area contributed by atoms with E-state index in [1.807, 2.05) is 31.3 Å². The van der Waals surface area contributed by atoms with Crippen LogP contribution in [-0.2, 0) is 4.74 Å². The van der Waals surface area contributed by atoms with Gasteiger partial charge in [0.2, 0.25) is 0 Å². The van der Waals surface area contributed by atoms with Gasteiger partial charge < -0.3 is 24.8 Å². The highest BCUT2D eigenvalue weighted by Gasteiger charge is 2.40. The number of piperidine rings is 1. The number of rotatable bonds is 1. The maximum absolute atomic E-state index is 12.2. The molecule has 3 N–H and O–H groups in total. The molecular weight excluding hydrogens is 320 g/mol. The largest absolute Gasteiger partial charge is 0.444 e. The number of aryl methyl sites for hydroxylation is 1. The van der Waals surface area contributed by atoms with Gasteiger partial charge in [0.1, 0.15) is 5.60 Å². The summed E-state index contributed by atoms with van der Waals surface area (Å²) in [5, 5.41) is 22.3. The minimum Gasteiger partial charge on any atom is -0.444 e. The number of nitrogens with zero attached hydrogens (tertiary/aromatic N) is 1. The standard InChI is InChI=1S/C19H26N2O4/c1-11-6-5-7-12-13(8-20-17(11)12)16-14(22)9-21(10-15(16)23)18(24)25-19(2,3)4/h5-8,14-16,20,22-23H,9-10H2,1-4H3/t14-,15-/m0/s1. The number of carbonyl (C=O) groups excluding carboxylic acids is 1. The molecule has 1 aliphatic rings. The number of aliphatic hydroxyl groups excluding tert-OH is 2. The third-order valence-corrected chi connectivity index (χ3v) is 4.61. The molecule has 136 valence electrons. The Labute approximate surface area is 147 Å². The molecule has 0 aliphatic carbocycles. The Bertz CT molecular complexity index is 765. The molecule has 1 saturated heterocycles. The van der Waals surface area contributed by atoms with Crippen molar-refractivity contribution >= 4 is 17.0 Å². The van der Waals surface area contributed by atoms with Crippen LogP contribution in [0.5, 0.6) is 0 Å². The van der Waals surface area contributed by atoms with Crippen molar-refractivity contribution in [3.8, 4) is 0 Å². The van der Waals surface area contributed by atoms with Gasteiger partial charge in [-0.05, 0) is 38.8 Å². The summed E-state index contributed by atoms with van der Waals surface area (Å²) >= 11 is 0. The Morgan fingerprint density at radius 2 is 1.88 bits per heavy atom. The molecule has 2 aromatic rings. The van der Waals surface area contributed by atoms with E-state index in [-0.39, 0.29) is 13.1 Å². The summed E-state index contributed by atoms with van der Waals surface area (Å²) in [5.41, 5.74) is 2.38. The number of aromatic nitrogens is 1. The van der Waals surface area contributed by atoms with Crippen LogP contribution in [0.3, 0.4) is 0 Å². The first-order chi connectivity index (χ1) is 11.7. The SMILES string of the molecule is Cc1cccc2c(C3[C@@H](O)CN(C(=O)OC(C)(C)C)C[C@@H]3O)c[nH]c12. The van der Waals surface area contributed by atoms with Crippen LogP contribution in [0, 0.1) is 6.92 Å². The average Bonchev–Trinajstić information content (AvgIpc) is 2.90. The monoisotopic (exact) mass is 346 g/mol. The molecule has 1 aliphatic heterocycles. The van der Waals surface area contributed by atoms with Gasteiger partial charge in [0.15, 0.2) is 0 Å². The number of ether oxygens (including phenoxy) is 1.